The van der Waals surface area contributed by atoms with E-state index in [1.54, 1.807) is 0 Å². The number of fused-ring (bicyclic) bond motifs is 2. The van der Waals surface area contributed by atoms with Crippen molar-refractivity contribution >= 4 is 28.3 Å². The van der Waals surface area contributed by atoms with E-state index in [1.165, 1.54) is 11.6 Å². The second kappa shape index (κ2) is 10.8. The maximum Gasteiger partial charge on any atom is 0.354 e. The van der Waals surface area contributed by atoms with Gasteiger partial charge in [0.1, 0.15) is 5.82 Å². The van der Waals surface area contributed by atoms with E-state index in [0.29, 0.717) is 26.2 Å². The van der Waals surface area contributed by atoms with Crippen LogP contribution in [0.4, 0.5) is 11.5 Å². The summed E-state index contributed by atoms with van der Waals surface area (Å²) in [6, 6.07) is 12.4. The summed E-state index contributed by atoms with van der Waals surface area (Å²) in [6.07, 6.45) is 2.11. The van der Waals surface area contributed by atoms with E-state index in [4.69, 9.17) is 4.98 Å². The van der Waals surface area contributed by atoms with Gasteiger partial charge in [0, 0.05) is 48.9 Å². The lowest BCUT2D eigenvalue weighted by Crippen LogP contribution is -2.54. The molecule has 1 fully saturated rings. The van der Waals surface area contributed by atoms with Crippen molar-refractivity contribution in [2.75, 3.05) is 36.0 Å². The van der Waals surface area contributed by atoms with Gasteiger partial charge in [-0.1, -0.05) is 44.7 Å². The Kier molecular flexibility index (Phi) is 7.12. The second-order valence-electron chi connectivity index (χ2n) is 11.9. The Bertz CT molecular complexity index is 1750. The monoisotopic (exact) mass is 565 g/mol. The molecule has 0 saturated carbocycles. The Morgan fingerprint density at radius 2 is 1.90 bits per heavy atom. The van der Waals surface area contributed by atoms with E-state index in [-0.39, 0.29) is 23.6 Å². The molecule has 1 saturated heterocycles. The highest BCUT2D eigenvalue weighted by atomic mass is 16.2. The molecule has 2 aromatic carbocycles. The van der Waals surface area contributed by atoms with E-state index in [2.05, 4.69) is 79.4 Å². The van der Waals surface area contributed by atoms with Crippen molar-refractivity contribution in [3.05, 3.63) is 87.6 Å². The minimum absolute atomic E-state index is 0.0139. The third kappa shape index (κ3) is 4.57. The molecule has 4 aromatic rings. The molecule has 1 atom stereocenters. The average molecular weight is 566 g/mol. The highest BCUT2D eigenvalue weighted by Crippen LogP contribution is 2.37. The zero-order valence-corrected chi connectivity index (χ0v) is 25.1. The SMILES string of the molecule is C=CC(=O)N1CCN(c2nc(=O)n(-c3ccccc3C(C)C)c3c2CCN(c2c(C)ccc4n[nH]c(C)c24)C3)C(C)C1. The zero-order chi connectivity index (χ0) is 29.7. The molecule has 218 valence electrons. The highest BCUT2D eigenvalue weighted by molar-refractivity contribution is 5.96. The normalized spacial score (nSPS) is 17.2. The van der Waals surface area contributed by atoms with Gasteiger partial charge < -0.3 is 14.7 Å². The first kappa shape index (κ1) is 27.8. The summed E-state index contributed by atoms with van der Waals surface area (Å²) in [4.78, 5) is 37.6. The van der Waals surface area contributed by atoms with E-state index in [1.807, 2.05) is 27.7 Å². The van der Waals surface area contributed by atoms with Crippen molar-refractivity contribution in [1.82, 2.24) is 24.6 Å². The molecule has 2 aliphatic rings. The van der Waals surface area contributed by atoms with Gasteiger partial charge in [-0.15, -0.1) is 0 Å². The molecular formula is C33H39N7O2. The number of nitrogens with one attached hydrogen (secondary N) is 1. The number of aryl methyl sites for hydroxylation is 2. The minimum Gasteiger partial charge on any atom is -0.365 e. The predicted molar refractivity (Wildman–Crippen MR) is 168 cm³/mol. The molecule has 9 nitrogen and oxygen atoms in total. The molecule has 0 bridgehead atoms. The van der Waals surface area contributed by atoms with Crippen LogP contribution in [0.15, 0.2) is 53.8 Å². The molecule has 42 heavy (non-hydrogen) atoms. The molecular weight excluding hydrogens is 526 g/mol. The third-order valence-electron chi connectivity index (χ3n) is 8.83. The van der Waals surface area contributed by atoms with Crippen LogP contribution in [0, 0.1) is 13.8 Å². The van der Waals surface area contributed by atoms with E-state index < -0.39 is 0 Å². The largest absolute Gasteiger partial charge is 0.365 e. The number of piperazine rings is 1. The molecule has 2 aliphatic heterocycles. The number of aromatic amines is 1. The van der Waals surface area contributed by atoms with Gasteiger partial charge in [-0.25, -0.2) is 4.79 Å². The van der Waals surface area contributed by atoms with Crippen LogP contribution in [-0.4, -0.2) is 62.8 Å². The smallest absolute Gasteiger partial charge is 0.354 e. The third-order valence-corrected chi connectivity index (χ3v) is 8.83. The first-order valence-electron chi connectivity index (χ1n) is 14.8. The van der Waals surface area contributed by atoms with Crippen LogP contribution < -0.4 is 15.5 Å². The van der Waals surface area contributed by atoms with E-state index in [0.717, 1.165) is 63.6 Å². The van der Waals surface area contributed by atoms with E-state index in [9.17, 15) is 9.59 Å². The number of H-pyrrole nitrogens is 1. The van der Waals surface area contributed by atoms with Crippen LogP contribution >= 0.6 is 0 Å². The molecule has 0 spiro atoms. The predicted octanol–water partition coefficient (Wildman–Crippen LogP) is 4.63. The maximum absolute atomic E-state index is 14.1. The number of carbonyl (C=O) groups is 1. The van der Waals surface area contributed by atoms with Gasteiger partial charge in [0.15, 0.2) is 0 Å². The average Bonchev–Trinajstić information content (AvgIpc) is 3.36. The second-order valence-corrected chi connectivity index (χ2v) is 11.9. The number of benzene rings is 2. The number of hydrogen-bond acceptors (Lipinski definition) is 6. The minimum atomic E-state index is -0.273. The van der Waals surface area contributed by atoms with Crippen LogP contribution in [0.5, 0.6) is 0 Å². The van der Waals surface area contributed by atoms with Crippen molar-refractivity contribution in [2.45, 2.75) is 59.5 Å². The molecule has 9 heteroatoms. The van der Waals surface area contributed by atoms with Gasteiger partial charge in [-0.05, 0) is 62.4 Å². The Morgan fingerprint density at radius 3 is 2.64 bits per heavy atom. The number of para-hydroxylation sites is 1. The Balaban J connectivity index is 1.52. The summed E-state index contributed by atoms with van der Waals surface area (Å²) in [6.45, 7) is 17.4. The quantitative estimate of drug-likeness (QED) is 0.355. The number of rotatable bonds is 5. The number of nitrogens with zero attached hydrogens (tertiary/aromatic N) is 6. The first-order valence-corrected chi connectivity index (χ1v) is 14.8. The fourth-order valence-corrected chi connectivity index (χ4v) is 6.73. The topological polar surface area (TPSA) is 90.4 Å². The molecule has 1 unspecified atom stereocenters. The fraction of sp³-hybridized carbons (Fsp3) is 0.394. The van der Waals surface area contributed by atoms with Crippen LogP contribution in [0.1, 0.15) is 54.8 Å². The number of hydrogen-bond donors (Lipinski definition) is 1. The summed E-state index contributed by atoms with van der Waals surface area (Å²) in [5, 5.41) is 8.80. The number of aromatic nitrogens is 4. The summed E-state index contributed by atoms with van der Waals surface area (Å²) in [5.41, 5.74) is 8.12. The van der Waals surface area contributed by atoms with Gasteiger partial charge in [-0.2, -0.15) is 10.1 Å². The Hall–Kier alpha value is -4.40. The van der Waals surface area contributed by atoms with Crippen molar-refractivity contribution < 1.29 is 4.79 Å². The van der Waals surface area contributed by atoms with Crippen molar-refractivity contribution in [3.8, 4) is 5.69 Å². The lowest BCUT2D eigenvalue weighted by Gasteiger charge is -2.42. The van der Waals surface area contributed by atoms with Crippen LogP contribution in [-0.2, 0) is 17.8 Å². The van der Waals surface area contributed by atoms with Crippen LogP contribution in [0.3, 0.4) is 0 Å². The molecule has 1 amide bonds. The number of carbonyl (C=O) groups excluding carboxylic acids is 1. The molecule has 2 aromatic heterocycles. The fourth-order valence-electron chi connectivity index (χ4n) is 6.73. The molecule has 6 rings (SSSR count). The van der Waals surface area contributed by atoms with Gasteiger partial charge in [-0.3, -0.25) is 14.5 Å². The van der Waals surface area contributed by atoms with Crippen molar-refractivity contribution in [3.63, 3.8) is 0 Å². The summed E-state index contributed by atoms with van der Waals surface area (Å²) < 4.78 is 1.85. The van der Waals surface area contributed by atoms with Crippen LogP contribution in [0.2, 0.25) is 0 Å². The summed E-state index contributed by atoms with van der Waals surface area (Å²) in [5.74, 6) is 0.927. The molecule has 4 heterocycles. The summed E-state index contributed by atoms with van der Waals surface area (Å²) >= 11 is 0. The number of amides is 1. The first-order chi connectivity index (χ1) is 20.2. The van der Waals surface area contributed by atoms with Gasteiger partial charge in [0.05, 0.1) is 29.1 Å². The van der Waals surface area contributed by atoms with Gasteiger partial charge >= 0.3 is 5.69 Å². The Morgan fingerprint density at radius 1 is 1.12 bits per heavy atom. The molecule has 1 N–H and O–H groups in total. The van der Waals surface area contributed by atoms with Gasteiger partial charge in [0.2, 0.25) is 5.91 Å². The van der Waals surface area contributed by atoms with Gasteiger partial charge in [0.25, 0.3) is 0 Å². The lowest BCUT2D eigenvalue weighted by atomic mass is 9.98. The number of anilines is 2. The van der Waals surface area contributed by atoms with E-state index >= 15 is 0 Å². The molecule has 0 aliphatic carbocycles. The molecule has 0 radical (unpaired) electrons. The Labute approximate surface area is 246 Å². The lowest BCUT2D eigenvalue weighted by molar-refractivity contribution is -0.126. The van der Waals surface area contributed by atoms with Crippen LogP contribution in [0.25, 0.3) is 16.6 Å². The van der Waals surface area contributed by atoms with Crippen molar-refractivity contribution in [1.29, 1.82) is 0 Å². The summed E-state index contributed by atoms with van der Waals surface area (Å²) in [7, 11) is 0. The van der Waals surface area contributed by atoms with Crippen molar-refractivity contribution in [2.24, 2.45) is 0 Å². The standard InChI is InChI=1S/C33H39N7O2/c1-7-29(41)37-16-17-39(22(5)18-37)32-25-14-15-38(31-21(4)12-13-26-30(31)23(6)35-36-26)19-28(25)40(33(42)34-32)27-11-9-8-10-24(27)20(2)3/h7-13,20,22H,1,14-19H2,2-6H3,(H,35,36). The zero-order valence-electron chi connectivity index (χ0n) is 25.1. The highest BCUT2D eigenvalue weighted by Gasteiger charge is 2.33. The maximum atomic E-state index is 14.1.